The van der Waals surface area contributed by atoms with Crippen LogP contribution in [-0.4, -0.2) is 54.2 Å². The number of hydrogen-bond donors (Lipinski definition) is 3. The molecule has 0 radical (unpaired) electrons. The van der Waals surface area contributed by atoms with Gasteiger partial charge in [0.15, 0.2) is 0 Å². The van der Waals surface area contributed by atoms with Crippen LogP contribution in [0, 0.1) is 0 Å². The van der Waals surface area contributed by atoms with Crippen LogP contribution in [0.4, 0.5) is 10.6 Å². The second-order valence-corrected chi connectivity index (χ2v) is 3.79. The Hall–Kier alpha value is -2.31. The van der Waals surface area contributed by atoms with Crippen molar-refractivity contribution in [1.29, 1.82) is 0 Å². The van der Waals surface area contributed by atoms with Crippen molar-refractivity contribution in [2.45, 2.75) is 0 Å². The Kier molecular flexibility index (Phi) is 4.91. The fraction of sp³-hybridized carbons (Fsp3) is 0.364. The van der Waals surface area contributed by atoms with Crippen LogP contribution in [0.1, 0.15) is 10.4 Å². The highest BCUT2D eigenvalue weighted by atomic mass is 16.4. The van der Waals surface area contributed by atoms with Gasteiger partial charge >= 0.3 is 12.0 Å². The first-order chi connectivity index (χ1) is 8.50. The van der Waals surface area contributed by atoms with Gasteiger partial charge < -0.3 is 20.6 Å². The molecule has 0 aliphatic carbocycles. The summed E-state index contributed by atoms with van der Waals surface area (Å²) < 4.78 is 0. The van der Waals surface area contributed by atoms with Gasteiger partial charge in [-0.25, -0.2) is 14.6 Å². The van der Waals surface area contributed by atoms with Crippen molar-refractivity contribution < 1.29 is 14.7 Å². The minimum absolute atomic E-state index is 0.140. The van der Waals surface area contributed by atoms with Crippen molar-refractivity contribution in [2.24, 2.45) is 0 Å². The number of nitrogens with one attached hydrogen (secondary N) is 2. The number of carbonyl (C=O) groups is 2. The molecule has 7 heteroatoms. The molecule has 3 N–H and O–H groups in total. The van der Waals surface area contributed by atoms with E-state index < -0.39 is 5.97 Å². The molecule has 1 aromatic rings. The maximum Gasteiger partial charge on any atom is 0.337 e. The lowest BCUT2D eigenvalue weighted by molar-refractivity contribution is 0.0696. The highest BCUT2D eigenvalue weighted by Gasteiger charge is 2.03. The number of urea groups is 1. The molecule has 0 aromatic carbocycles. The van der Waals surface area contributed by atoms with Gasteiger partial charge in [0.05, 0.1) is 5.56 Å². The van der Waals surface area contributed by atoms with E-state index in [9.17, 15) is 9.59 Å². The molecule has 0 aliphatic rings. The molecule has 0 atom stereocenters. The molecular formula is C11H16N4O3. The quantitative estimate of drug-likeness (QED) is 0.662. The molecule has 0 saturated heterocycles. The number of rotatable bonds is 5. The lowest BCUT2D eigenvalue weighted by Gasteiger charge is -2.12. The van der Waals surface area contributed by atoms with E-state index in [4.69, 9.17) is 5.11 Å². The van der Waals surface area contributed by atoms with Crippen LogP contribution >= 0.6 is 0 Å². The second kappa shape index (κ2) is 6.43. The summed E-state index contributed by atoms with van der Waals surface area (Å²) in [5.74, 6) is -0.439. The number of carboxylic acid groups (broad SMARTS) is 1. The van der Waals surface area contributed by atoms with E-state index in [1.165, 1.54) is 17.2 Å². The number of anilines is 1. The first kappa shape index (κ1) is 13.8. The van der Waals surface area contributed by atoms with E-state index in [0.29, 0.717) is 18.9 Å². The Balaban J connectivity index is 2.31. The first-order valence-electron chi connectivity index (χ1n) is 5.39. The number of carboxylic acids is 1. The number of nitrogens with zero attached hydrogens (tertiary/aromatic N) is 2. The zero-order chi connectivity index (χ0) is 13.5. The Morgan fingerprint density at radius 1 is 1.33 bits per heavy atom. The number of amides is 2. The number of hydrogen-bond acceptors (Lipinski definition) is 4. The van der Waals surface area contributed by atoms with Gasteiger partial charge in [0, 0.05) is 33.4 Å². The highest BCUT2D eigenvalue weighted by Crippen LogP contribution is 2.04. The normalized spacial score (nSPS) is 9.67. The summed E-state index contributed by atoms with van der Waals surface area (Å²) in [6, 6.07) is 2.89. The molecule has 1 aromatic heterocycles. The average molecular weight is 252 g/mol. The molecule has 2 amide bonds. The standard InChI is InChI=1S/C11H16N4O3/c1-15(2)11(18)13-6-5-12-9-4-3-8(7-14-9)10(16)17/h3-4,7H,5-6H2,1-2H3,(H,12,14)(H,13,18)(H,16,17). The number of aromatic carboxylic acids is 1. The molecule has 0 fully saturated rings. The minimum atomic E-state index is -1.01. The molecular weight excluding hydrogens is 236 g/mol. The van der Waals surface area contributed by atoms with Gasteiger partial charge in [0.25, 0.3) is 0 Å². The third-order valence-electron chi connectivity index (χ3n) is 2.12. The maximum absolute atomic E-state index is 11.2. The molecule has 0 aliphatic heterocycles. The summed E-state index contributed by atoms with van der Waals surface area (Å²) >= 11 is 0. The summed E-state index contributed by atoms with van der Waals surface area (Å²) in [6.45, 7) is 0.971. The molecule has 18 heavy (non-hydrogen) atoms. The number of pyridine rings is 1. The van der Waals surface area contributed by atoms with E-state index in [1.807, 2.05) is 0 Å². The topological polar surface area (TPSA) is 94.6 Å². The van der Waals surface area contributed by atoms with Gasteiger partial charge in [-0.1, -0.05) is 0 Å². The zero-order valence-corrected chi connectivity index (χ0v) is 10.3. The third-order valence-corrected chi connectivity index (χ3v) is 2.12. The molecule has 98 valence electrons. The zero-order valence-electron chi connectivity index (χ0n) is 10.3. The van der Waals surface area contributed by atoms with Crippen LogP contribution in [0.25, 0.3) is 0 Å². The third kappa shape index (κ3) is 4.28. The van der Waals surface area contributed by atoms with Crippen molar-refractivity contribution >= 4 is 17.8 Å². The highest BCUT2D eigenvalue weighted by molar-refractivity contribution is 5.87. The molecule has 1 heterocycles. The summed E-state index contributed by atoms with van der Waals surface area (Å²) in [5, 5.41) is 14.3. The van der Waals surface area contributed by atoms with Gasteiger partial charge in [-0.2, -0.15) is 0 Å². The van der Waals surface area contributed by atoms with Crippen molar-refractivity contribution in [1.82, 2.24) is 15.2 Å². The predicted molar refractivity (Wildman–Crippen MR) is 66.8 cm³/mol. The monoisotopic (exact) mass is 252 g/mol. The Morgan fingerprint density at radius 3 is 2.56 bits per heavy atom. The molecule has 0 spiro atoms. The van der Waals surface area contributed by atoms with Crippen LogP contribution in [0.5, 0.6) is 0 Å². The first-order valence-corrected chi connectivity index (χ1v) is 5.39. The molecule has 1 rings (SSSR count). The van der Waals surface area contributed by atoms with E-state index in [1.54, 1.807) is 20.2 Å². The van der Waals surface area contributed by atoms with E-state index in [2.05, 4.69) is 15.6 Å². The van der Waals surface area contributed by atoms with Gasteiger partial charge in [-0.15, -0.1) is 0 Å². The van der Waals surface area contributed by atoms with Crippen LogP contribution in [-0.2, 0) is 0 Å². The Morgan fingerprint density at radius 2 is 2.06 bits per heavy atom. The maximum atomic E-state index is 11.2. The average Bonchev–Trinajstić information content (AvgIpc) is 2.34. The second-order valence-electron chi connectivity index (χ2n) is 3.79. The summed E-state index contributed by atoms with van der Waals surface area (Å²) in [7, 11) is 3.32. The van der Waals surface area contributed by atoms with Gasteiger partial charge in [-0.3, -0.25) is 0 Å². The smallest absolute Gasteiger partial charge is 0.337 e. The van der Waals surface area contributed by atoms with Crippen LogP contribution in [0.2, 0.25) is 0 Å². The molecule has 7 nitrogen and oxygen atoms in total. The molecule has 0 saturated carbocycles. The Bertz CT molecular complexity index is 417. The Labute approximate surface area is 105 Å². The fourth-order valence-electron chi connectivity index (χ4n) is 1.14. The van der Waals surface area contributed by atoms with Crippen LogP contribution in [0.3, 0.4) is 0 Å². The lowest BCUT2D eigenvalue weighted by atomic mass is 10.3. The largest absolute Gasteiger partial charge is 0.478 e. The van der Waals surface area contributed by atoms with E-state index in [-0.39, 0.29) is 11.6 Å². The summed E-state index contributed by atoms with van der Waals surface area (Å²) in [4.78, 5) is 27.2. The molecule has 0 unspecified atom stereocenters. The summed E-state index contributed by atoms with van der Waals surface area (Å²) in [5.41, 5.74) is 0.140. The van der Waals surface area contributed by atoms with Gasteiger partial charge in [0.1, 0.15) is 5.82 Å². The fourth-order valence-corrected chi connectivity index (χ4v) is 1.14. The minimum Gasteiger partial charge on any atom is -0.478 e. The van der Waals surface area contributed by atoms with Crippen molar-refractivity contribution in [3.63, 3.8) is 0 Å². The lowest BCUT2D eigenvalue weighted by Crippen LogP contribution is -2.37. The van der Waals surface area contributed by atoms with Crippen molar-refractivity contribution in [3.05, 3.63) is 23.9 Å². The van der Waals surface area contributed by atoms with E-state index in [0.717, 1.165) is 0 Å². The predicted octanol–water partition coefficient (Wildman–Crippen LogP) is 0.463. The number of aromatic nitrogens is 1. The van der Waals surface area contributed by atoms with Gasteiger partial charge in [0.2, 0.25) is 0 Å². The van der Waals surface area contributed by atoms with E-state index >= 15 is 0 Å². The molecule has 0 bridgehead atoms. The number of carbonyl (C=O) groups excluding carboxylic acids is 1. The van der Waals surface area contributed by atoms with Crippen LogP contribution < -0.4 is 10.6 Å². The van der Waals surface area contributed by atoms with Crippen molar-refractivity contribution in [3.8, 4) is 0 Å². The SMILES string of the molecule is CN(C)C(=O)NCCNc1ccc(C(=O)O)cn1. The van der Waals surface area contributed by atoms with Crippen LogP contribution in [0.15, 0.2) is 18.3 Å². The van der Waals surface area contributed by atoms with Gasteiger partial charge in [-0.05, 0) is 12.1 Å². The van der Waals surface area contributed by atoms with Crippen molar-refractivity contribution in [2.75, 3.05) is 32.5 Å². The summed E-state index contributed by atoms with van der Waals surface area (Å²) in [6.07, 6.45) is 1.28.